The highest BCUT2D eigenvalue weighted by atomic mass is 19.1. The van der Waals surface area contributed by atoms with Gasteiger partial charge in [0.1, 0.15) is 24.2 Å². The minimum Gasteiger partial charge on any atom is -0.388 e. The van der Waals surface area contributed by atoms with Crippen LogP contribution in [0.4, 0.5) is 20.2 Å². The van der Waals surface area contributed by atoms with E-state index in [-0.39, 0.29) is 12.4 Å². The van der Waals surface area contributed by atoms with E-state index >= 15 is 0 Å². The Morgan fingerprint density at radius 1 is 0.881 bits per heavy atom. The predicted octanol–water partition coefficient (Wildman–Crippen LogP) is 7.28. The summed E-state index contributed by atoms with van der Waals surface area (Å²) in [6, 6.07) is 24.1. The summed E-state index contributed by atoms with van der Waals surface area (Å²) >= 11 is 0. The van der Waals surface area contributed by atoms with Crippen LogP contribution in [0.1, 0.15) is 27.0 Å². The fraction of sp³-hybridized carbons (Fsp3) is 0.147. The van der Waals surface area contributed by atoms with Crippen molar-refractivity contribution >= 4 is 36.2 Å². The first kappa shape index (κ1) is 33.3. The Balaban J connectivity index is 0.000000471. The SMILES string of the molecule is CNc1ccc(-c2ccc(CN(C)c3cc(F)cc(/C=C/C=O)c3)c(F)c2)cc1C=N.COC.O=Cc1ccccc1. The summed E-state index contributed by atoms with van der Waals surface area (Å²) in [5.74, 6) is -0.798. The van der Waals surface area contributed by atoms with Gasteiger partial charge in [0.2, 0.25) is 0 Å². The first-order chi connectivity index (χ1) is 20.3. The zero-order valence-electron chi connectivity index (χ0n) is 24.1. The normalized spacial score (nSPS) is 10.0. The zero-order valence-corrected chi connectivity index (χ0v) is 24.1. The third-order valence-electron chi connectivity index (χ3n) is 5.92. The van der Waals surface area contributed by atoms with E-state index in [0.29, 0.717) is 28.7 Å². The molecule has 0 aliphatic carbocycles. The largest absolute Gasteiger partial charge is 0.388 e. The van der Waals surface area contributed by atoms with Crippen molar-refractivity contribution in [2.45, 2.75) is 6.54 Å². The summed E-state index contributed by atoms with van der Waals surface area (Å²) in [6.45, 7) is 0.247. The lowest BCUT2D eigenvalue weighted by atomic mass is 10.0. The number of allylic oxidation sites excluding steroid dienone is 1. The van der Waals surface area contributed by atoms with Crippen molar-refractivity contribution in [3.63, 3.8) is 0 Å². The van der Waals surface area contributed by atoms with Crippen LogP contribution in [0.2, 0.25) is 0 Å². The summed E-state index contributed by atoms with van der Waals surface area (Å²) in [4.78, 5) is 22.3. The molecule has 0 aromatic heterocycles. The maximum absolute atomic E-state index is 14.9. The molecule has 0 unspecified atom stereocenters. The molecule has 4 aromatic carbocycles. The number of anilines is 2. The van der Waals surface area contributed by atoms with E-state index < -0.39 is 5.82 Å². The predicted molar refractivity (Wildman–Crippen MR) is 168 cm³/mol. The number of nitrogens with zero attached hydrogens (tertiary/aromatic N) is 1. The quantitative estimate of drug-likeness (QED) is 0.125. The minimum absolute atomic E-state index is 0.247. The van der Waals surface area contributed by atoms with Crippen LogP contribution in [0.3, 0.4) is 0 Å². The highest BCUT2D eigenvalue weighted by Gasteiger charge is 2.11. The smallest absolute Gasteiger partial charge is 0.150 e. The molecule has 4 aromatic rings. The molecule has 0 heterocycles. The topological polar surface area (TPSA) is 82.5 Å². The Morgan fingerprint density at radius 3 is 2.12 bits per heavy atom. The summed E-state index contributed by atoms with van der Waals surface area (Å²) < 4.78 is 33.1. The molecule has 0 aliphatic heterocycles. The molecule has 0 saturated carbocycles. The van der Waals surface area contributed by atoms with Gasteiger partial charge in [0.25, 0.3) is 0 Å². The van der Waals surface area contributed by atoms with E-state index in [4.69, 9.17) is 5.41 Å². The van der Waals surface area contributed by atoms with Crippen LogP contribution >= 0.6 is 0 Å². The molecule has 0 fully saturated rings. The number of rotatable bonds is 9. The molecule has 0 amide bonds. The number of benzene rings is 4. The molecule has 4 rings (SSSR count). The van der Waals surface area contributed by atoms with E-state index in [1.807, 2.05) is 42.5 Å². The van der Waals surface area contributed by atoms with Crippen LogP contribution < -0.4 is 10.2 Å². The summed E-state index contributed by atoms with van der Waals surface area (Å²) in [6.07, 6.45) is 5.53. The number of methoxy groups -OCH3 is 1. The van der Waals surface area contributed by atoms with Gasteiger partial charge >= 0.3 is 0 Å². The van der Waals surface area contributed by atoms with Gasteiger partial charge in [0.15, 0.2) is 0 Å². The molecule has 0 aliphatic rings. The van der Waals surface area contributed by atoms with Crippen molar-refractivity contribution in [1.29, 1.82) is 5.41 Å². The molecule has 0 spiro atoms. The molecule has 218 valence electrons. The molecule has 0 radical (unpaired) electrons. The van der Waals surface area contributed by atoms with Gasteiger partial charge < -0.3 is 20.4 Å². The summed E-state index contributed by atoms with van der Waals surface area (Å²) in [7, 11) is 6.79. The number of carbonyl (C=O) groups excluding carboxylic acids is 2. The summed E-state index contributed by atoms with van der Waals surface area (Å²) in [5.41, 5.74) is 5.40. The maximum atomic E-state index is 14.9. The van der Waals surface area contributed by atoms with Crippen LogP contribution in [0.15, 0.2) is 91.0 Å². The fourth-order valence-electron chi connectivity index (χ4n) is 3.89. The molecular weight excluding hydrogens is 536 g/mol. The van der Waals surface area contributed by atoms with Crippen molar-refractivity contribution in [2.75, 3.05) is 38.5 Å². The van der Waals surface area contributed by atoms with Crippen LogP contribution in [0.25, 0.3) is 17.2 Å². The molecule has 6 nitrogen and oxygen atoms in total. The second-order valence-corrected chi connectivity index (χ2v) is 9.03. The molecule has 0 bridgehead atoms. The Kier molecular flexibility index (Phi) is 14.0. The molecule has 0 atom stereocenters. The van der Waals surface area contributed by atoms with E-state index in [2.05, 4.69) is 10.1 Å². The Hall–Kier alpha value is -4.95. The van der Waals surface area contributed by atoms with Gasteiger partial charge in [-0.25, -0.2) is 8.78 Å². The number of hydrogen-bond acceptors (Lipinski definition) is 6. The standard InChI is InChI=1S/C25H23F2N3O.C7H6O.C2H6O/c1-29-25-8-7-18(12-21(25)15-28)19-5-6-20(24(27)13-19)16-30(2)23-11-17(4-3-9-31)10-22(26)14-23;8-6-7-4-2-1-3-5-7;1-3-2/h3-15,28-29H,16H2,1-2H3;1-6H;1-2H3/b4-3+,28-15?;;. The van der Waals surface area contributed by atoms with Crippen LogP contribution in [-0.4, -0.2) is 47.1 Å². The van der Waals surface area contributed by atoms with Gasteiger partial charge in [-0.15, -0.1) is 0 Å². The lowest BCUT2D eigenvalue weighted by molar-refractivity contribution is -0.104. The number of hydrogen-bond donors (Lipinski definition) is 2. The van der Waals surface area contributed by atoms with Crippen molar-refractivity contribution in [3.8, 4) is 11.1 Å². The first-order valence-electron chi connectivity index (χ1n) is 12.9. The third-order valence-corrected chi connectivity index (χ3v) is 5.92. The van der Waals surface area contributed by atoms with Crippen molar-refractivity contribution in [1.82, 2.24) is 0 Å². The van der Waals surface area contributed by atoms with Crippen molar-refractivity contribution in [3.05, 3.63) is 125 Å². The molecule has 0 saturated heterocycles. The highest BCUT2D eigenvalue weighted by molar-refractivity contribution is 5.88. The molecule has 42 heavy (non-hydrogen) atoms. The van der Waals surface area contributed by atoms with E-state index in [9.17, 15) is 18.4 Å². The van der Waals surface area contributed by atoms with Gasteiger partial charge in [0.05, 0.1) is 0 Å². The van der Waals surface area contributed by atoms with Gasteiger partial charge in [-0.1, -0.05) is 54.6 Å². The lowest BCUT2D eigenvalue weighted by Crippen LogP contribution is -2.17. The monoisotopic (exact) mass is 571 g/mol. The minimum atomic E-state index is -0.433. The Bertz CT molecular complexity index is 1490. The lowest BCUT2D eigenvalue weighted by Gasteiger charge is -2.21. The first-order valence-corrected chi connectivity index (χ1v) is 12.9. The third kappa shape index (κ3) is 10.2. The molecule has 2 N–H and O–H groups in total. The summed E-state index contributed by atoms with van der Waals surface area (Å²) in [5, 5.41) is 10.6. The van der Waals surface area contributed by atoms with Gasteiger partial charge in [-0.2, -0.15) is 0 Å². The van der Waals surface area contributed by atoms with Crippen LogP contribution in [0.5, 0.6) is 0 Å². The number of nitrogens with one attached hydrogen (secondary N) is 2. The Morgan fingerprint density at radius 2 is 1.55 bits per heavy atom. The van der Waals surface area contributed by atoms with Crippen LogP contribution in [0, 0.1) is 17.0 Å². The number of ether oxygens (including phenoxy) is 1. The number of carbonyl (C=O) groups is 2. The average molecular weight is 572 g/mol. The van der Waals surface area contributed by atoms with E-state index in [0.717, 1.165) is 28.7 Å². The van der Waals surface area contributed by atoms with E-state index in [1.165, 1.54) is 36.6 Å². The van der Waals surface area contributed by atoms with Gasteiger partial charge in [-0.05, 0) is 59.2 Å². The zero-order chi connectivity index (χ0) is 30.9. The fourth-order valence-corrected chi connectivity index (χ4v) is 3.89. The number of aldehydes is 2. The average Bonchev–Trinajstić information content (AvgIpc) is 3.01. The number of halogens is 2. The molecule has 8 heteroatoms. The van der Waals surface area contributed by atoms with Crippen LogP contribution in [-0.2, 0) is 16.1 Å². The van der Waals surface area contributed by atoms with Crippen molar-refractivity contribution < 1.29 is 23.1 Å². The highest BCUT2D eigenvalue weighted by Crippen LogP contribution is 2.27. The van der Waals surface area contributed by atoms with E-state index in [1.54, 1.807) is 57.5 Å². The van der Waals surface area contributed by atoms with Crippen molar-refractivity contribution in [2.24, 2.45) is 0 Å². The maximum Gasteiger partial charge on any atom is 0.150 e. The second kappa shape index (κ2) is 17.7. The Labute approximate surface area is 245 Å². The molecular formula is C34H35F2N3O3. The van der Waals surface area contributed by atoms with Gasteiger partial charge in [-0.3, -0.25) is 9.59 Å². The second-order valence-electron chi connectivity index (χ2n) is 9.03. The van der Waals surface area contributed by atoms with Gasteiger partial charge in [0, 0.05) is 69.1 Å².